The van der Waals surface area contributed by atoms with Crippen molar-refractivity contribution in [1.29, 1.82) is 0 Å². The second-order valence-corrected chi connectivity index (χ2v) is 7.24. The Morgan fingerprint density at radius 1 is 1.38 bits per heavy atom. The number of rotatable bonds is 2. The molecule has 3 nitrogen and oxygen atoms in total. The van der Waals surface area contributed by atoms with E-state index in [9.17, 15) is 9.18 Å². The van der Waals surface area contributed by atoms with E-state index < -0.39 is 11.8 Å². The third kappa shape index (κ3) is 1.95. The van der Waals surface area contributed by atoms with E-state index in [1.807, 2.05) is 0 Å². The Morgan fingerprint density at radius 3 is 2.62 bits per heavy atom. The highest BCUT2D eigenvalue weighted by atomic mass is 19.1. The molecule has 0 radical (unpaired) electrons. The van der Waals surface area contributed by atoms with Crippen molar-refractivity contribution in [2.75, 3.05) is 5.73 Å². The monoisotopic (exact) mass is 291 g/mol. The highest BCUT2D eigenvalue weighted by Crippen LogP contribution is 2.66. The molecular formula is C17H22FNO2. The van der Waals surface area contributed by atoms with Crippen LogP contribution < -0.4 is 5.73 Å². The van der Waals surface area contributed by atoms with E-state index in [1.54, 1.807) is 0 Å². The zero-order valence-electron chi connectivity index (χ0n) is 12.8. The third-order valence-corrected chi connectivity index (χ3v) is 6.20. The summed E-state index contributed by atoms with van der Waals surface area (Å²) in [7, 11) is 0. The number of esters is 1. The number of hydrogen-bond acceptors (Lipinski definition) is 3. The summed E-state index contributed by atoms with van der Waals surface area (Å²) in [5.74, 6) is -0.434. The Bertz CT molecular complexity index is 598. The fourth-order valence-electron chi connectivity index (χ4n) is 4.16. The molecule has 2 aliphatic rings. The van der Waals surface area contributed by atoms with Crippen LogP contribution in [0, 0.1) is 22.6 Å². The molecule has 21 heavy (non-hydrogen) atoms. The van der Waals surface area contributed by atoms with Crippen molar-refractivity contribution >= 4 is 11.7 Å². The zero-order chi connectivity index (χ0) is 15.4. The normalized spacial score (nSPS) is 33.1. The van der Waals surface area contributed by atoms with Crippen molar-refractivity contribution in [3.05, 3.63) is 29.6 Å². The average Bonchev–Trinajstić information content (AvgIpc) is 2.75. The van der Waals surface area contributed by atoms with Crippen LogP contribution in [0.2, 0.25) is 0 Å². The number of ether oxygens (including phenoxy) is 1. The van der Waals surface area contributed by atoms with E-state index in [4.69, 9.17) is 10.5 Å². The summed E-state index contributed by atoms with van der Waals surface area (Å²) >= 11 is 0. The van der Waals surface area contributed by atoms with Crippen molar-refractivity contribution in [2.45, 2.75) is 46.1 Å². The molecule has 2 N–H and O–H groups in total. The van der Waals surface area contributed by atoms with E-state index in [2.05, 4.69) is 20.8 Å². The summed E-state index contributed by atoms with van der Waals surface area (Å²) in [5.41, 5.74) is 5.90. The van der Waals surface area contributed by atoms with Gasteiger partial charge < -0.3 is 10.5 Å². The molecule has 2 bridgehead atoms. The molecule has 2 aliphatic carbocycles. The summed E-state index contributed by atoms with van der Waals surface area (Å²) in [5, 5.41) is 0. The summed E-state index contributed by atoms with van der Waals surface area (Å²) < 4.78 is 19.2. The van der Waals surface area contributed by atoms with Gasteiger partial charge in [0.1, 0.15) is 11.9 Å². The van der Waals surface area contributed by atoms with Crippen LogP contribution in [-0.4, -0.2) is 12.1 Å². The predicted molar refractivity (Wildman–Crippen MR) is 79.2 cm³/mol. The molecule has 114 valence electrons. The lowest BCUT2D eigenvalue weighted by Crippen LogP contribution is -2.38. The van der Waals surface area contributed by atoms with Crippen LogP contribution in [0.15, 0.2) is 18.2 Å². The molecule has 3 rings (SSSR count). The minimum atomic E-state index is -0.580. The number of carbonyl (C=O) groups is 1. The first-order valence-electron chi connectivity index (χ1n) is 7.52. The molecule has 3 unspecified atom stereocenters. The van der Waals surface area contributed by atoms with Crippen LogP contribution in [0.5, 0.6) is 0 Å². The first kappa shape index (κ1) is 14.4. The third-order valence-electron chi connectivity index (χ3n) is 6.20. The second-order valence-electron chi connectivity index (χ2n) is 7.24. The number of nitrogen functional groups attached to an aromatic ring is 1. The predicted octanol–water partition coefficient (Wildman–Crippen LogP) is 3.78. The zero-order valence-corrected chi connectivity index (χ0v) is 12.8. The quantitative estimate of drug-likeness (QED) is 0.666. The topological polar surface area (TPSA) is 52.3 Å². The molecule has 1 aromatic carbocycles. The minimum absolute atomic E-state index is 0.0136. The number of fused-ring (bicyclic) bond motifs is 2. The maximum Gasteiger partial charge on any atom is 0.338 e. The van der Waals surface area contributed by atoms with Crippen molar-refractivity contribution in [2.24, 2.45) is 16.7 Å². The Kier molecular flexibility index (Phi) is 3.05. The number of anilines is 1. The largest absolute Gasteiger partial charge is 0.458 e. The number of hydrogen-bond donors (Lipinski definition) is 1. The molecule has 2 fully saturated rings. The highest BCUT2D eigenvalue weighted by Gasteiger charge is 2.62. The summed E-state index contributed by atoms with van der Waals surface area (Å²) in [6.45, 7) is 6.74. The molecule has 0 spiro atoms. The van der Waals surface area contributed by atoms with Gasteiger partial charge in [0.15, 0.2) is 0 Å². The van der Waals surface area contributed by atoms with Crippen LogP contribution in [0.3, 0.4) is 0 Å². The lowest BCUT2D eigenvalue weighted by atomic mass is 9.70. The van der Waals surface area contributed by atoms with Gasteiger partial charge in [0.25, 0.3) is 0 Å². The van der Waals surface area contributed by atoms with E-state index in [0.717, 1.165) is 18.9 Å². The van der Waals surface area contributed by atoms with Crippen molar-refractivity contribution in [3.8, 4) is 0 Å². The SMILES string of the molecule is CC1(C)C2CCC1(C)C(OC(=O)c1ccc(N)c(F)c1)C2. The lowest BCUT2D eigenvalue weighted by Gasteiger charge is -2.38. The van der Waals surface area contributed by atoms with E-state index in [1.165, 1.54) is 18.6 Å². The summed E-state index contributed by atoms with van der Waals surface area (Å²) in [4.78, 5) is 12.3. The maximum absolute atomic E-state index is 13.5. The van der Waals surface area contributed by atoms with Gasteiger partial charge >= 0.3 is 5.97 Å². The highest BCUT2D eigenvalue weighted by molar-refractivity contribution is 5.90. The number of halogens is 1. The molecule has 0 amide bonds. The van der Waals surface area contributed by atoms with Crippen LogP contribution in [0.1, 0.15) is 50.4 Å². The Balaban J connectivity index is 1.79. The fraction of sp³-hybridized carbons (Fsp3) is 0.588. The molecule has 1 aromatic rings. The first-order valence-corrected chi connectivity index (χ1v) is 7.52. The maximum atomic E-state index is 13.5. The fourth-order valence-corrected chi connectivity index (χ4v) is 4.16. The van der Waals surface area contributed by atoms with E-state index >= 15 is 0 Å². The summed E-state index contributed by atoms with van der Waals surface area (Å²) in [6, 6.07) is 4.07. The molecule has 4 heteroatoms. The van der Waals surface area contributed by atoms with Gasteiger partial charge in [-0.15, -0.1) is 0 Å². The average molecular weight is 291 g/mol. The number of carbonyl (C=O) groups excluding carboxylic acids is 1. The molecule has 0 aliphatic heterocycles. The van der Waals surface area contributed by atoms with Gasteiger partial charge in [-0.25, -0.2) is 9.18 Å². The van der Waals surface area contributed by atoms with Crippen LogP contribution in [0.25, 0.3) is 0 Å². The molecule has 2 saturated carbocycles. The minimum Gasteiger partial charge on any atom is -0.458 e. The Morgan fingerprint density at radius 2 is 2.10 bits per heavy atom. The Hall–Kier alpha value is -1.58. The Labute approximate surface area is 124 Å². The van der Waals surface area contributed by atoms with Crippen molar-refractivity contribution < 1.29 is 13.9 Å². The second kappa shape index (κ2) is 4.46. The standard InChI is InChI=1S/C17H22FNO2/c1-16(2)11-6-7-17(16,3)14(9-11)21-15(20)10-4-5-13(19)12(18)8-10/h4-5,8,11,14H,6-7,9,19H2,1-3H3. The van der Waals surface area contributed by atoms with Crippen molar-refractivity contribution in [1.82, 2.24) is 0 Å². The first-order chi connectivity index (χ1) is 9.75. The molecule has 0 aromatic heterocycles. The van der Waals surface area contributed by atoms with Gasteiger partial charge in [-0.3, -0.25) is 0 Å². The van der Waals surface area contributed by atoms with Crippen molar-refractivity contribution in [3.63, 3.8) is 0 Å². The number of nitrogens with two attached hydrogens (primary N) is 1. The molecule has 0 heterocycles. The van der Waals surface area contributed by atoms with Gasteiger partial charge in [-0.1, -0.05) is 20.8 Å². The van der Waals surface area contributed by atoms with E-state index in [-0.39, 0.29) is 28.2 Å². The molecule has 3 atom stereocenters. The molecular weight excluding hydrogens is 269 g/mol. The van der Waals surface area contributed by atoms with Gasteiger partial charge in [-0.05, 0) is 48.8 Å². The van der Waals surface area contributed by atoms with Gasteiger partial charge in [0, 0.05) is 5.41 Å². The smallest absolute Gasteiger partial charge is 0.338 e. The lowest BCUT2D eigenvalue weighted by molar-refractivity contribution is -0.0242. The van der Waals surface area contributed by atoms with Gasteiger partial charge in [-0.2, -0.15) is 0 Å². The van der Waals surface area contributed by atoms with E-state index in [0.29, 0.717) is 5.92 Å². The van der Waals surface area contributed by atoms with Gasteiger partial charge in [0.2, 0.25) is 0 Å². The molecule has 0 saturated heterocycles. The van der Waals surface area contributed by atoms with Crippen LogP contribution >= 0.6 is 0 Å². The van der Waals surface area contributed by atoms with Gasteiger partial charge in [0.05, 0.1) is 11.3 Å². The van der Waals surface area contributed by atoms with Crippen LogP contribution in [0.4, 0.5) is 10.1 Å². The number of benzene rings is 1. The van der Waals surface area contributed by atoms with Crippen LogP contribution in [-0.2, 0) is 4.74 Å². The summed E-state index contributed by atoms with van der Waals surface area (Å²) in [6.07, 6.45) is 3.11.